The Morgan fingerprint density at radius 1 is 1.60 bits per heavy atom. The predicted octanol–water partition coefficient (Wildman–Crippen LogP) is 1.70. The van der Waals surface area contributed by atoms with E-state index in [0.29, 0.717) is 16.4 Å². The van der Waals surface area contributed by atoms with Gasteiger partial charge in [0.2, 0.25) is 0 Å². The molecular formula is C9H13Br2N3O. The van der Waals surface area contributed by atoms with Gasteiger partial charge in [-0.2, -0.15) is 0 Å². The fraction of sp³-hybridized carbons (Fsp3) is 0.556. The molecule has 0 radical (unpaired) electrons. The third-order valence-corrected chi connectivity index (χ3v) is 4.53. The highest BCUT2D eigenvalue weighted by Crippen LogP contribution is 2.12. The lowest BCUT2D eigenvalue weighted by atomic mass is 10.1. The van der Waals surface area contributed by atoms with Crippen molar-refractivity contribution in [1.29, 1.82) is 0 Å². The third kappa shape index (κ3) is 3.04. The Labute approximate surface area is 106 Å². The van der Waals surface area contributed by atoms with Crippen LogP contribution in [0.4, 0.5) is 0 Å². The number of imidazole rings is 1. The predicted molar refractivity (Wildman–Crippen MR) is 66.7 cm³/mol. The Balaban J connectivity index is 2.76. The second-order valence-corrected chi connectivity index (χ2v) is 4.79. The second kappa shape index (κ2) is 5.12. The summed E-state index contributed by atoms with van der Waals surface area (Å²) < 4.78 is 1.69. The number of hydrogen-bond acceptors (Lipinski definition) is 2. The first-order chi connectivity index (χ1) is 7.02. The zero-order valence-electron chi connectivity index (χ0n) is 8.63. The summed E-state index contributed by atoms with van der Waals surface area (Å²) in [5.74, 6) is -0.114. The molecule has 15 heavy (non-hydrogen) atoms. The molecule has 1 aromatic rings. The molecule has 1 rings (SSSR count). The van der Waals surface area contributed by atoms with Crippen LogP contribution in [0.15, 0.2) is 12.5 Å². The zero-order chi connectivity index (χ0) is 11.5. The van der Waals surface area contributed by atoms with Crippen LogP contribution in [0.5, 0.6) is 0 Å². The van der Waals surface area contributed by atoms with Gasteiger partial charge < -0.3 is 9.88 Å². The van der Waals surface area contributed by atoms with E-state index in [1.54, 1.807) is 24.1 Å². The molecule has 1 amide bonds. The van der Waals surface area contributed by atoms with Crippen molar-refractivity contribution < 1.29 is 4.79 Å². The van der Waals surface area contributed by atoms with Gasteiger partial charge in [-0.15, -0.1) is 0 Å². The quantitative estimate of drug-likeness (QED) is 0.849. The van der Waals surface area contributed by atoms with Crippen LogP contribution in [0.25, 0.3) is 0 Å². The van der Waals surface area contributed by atoms with Crippen LogP contribution in [-0.4, -0.2) is 31.7 Å². The largest absolute Gasteiger partial charge is 0.344 e. The third-order valence-electron chi connectivity index (χ3n) is 2.05. The Morgan fingerprint density at radius 3 is 2.60 bits per heavy atom. The van der Waals surface area contributed by atoms with Crippen LogP contribution >= 0.6 is 31.9 Å². The first-order valence-electron chi connectivity index (χ1n) is 4.43. The monoisotopic (exact) mass is 337 g/mol. The van der Waals surface area contributed by atoms with Crippen molar-refractivity contribution in [3.63, 3.8) is 0 Å². The molecule has 1 N–H and O–H groups in total. The van der Waals surface area contributed by atoms with Gasteiger partial charge in [-0.1, -0.05) is 31.9 Å². The number of alkyl halides is 2. The van der Waals surface area contributed by atoms with Gasteiger partial charge >= 0.3 is 0 Å². The standard InChI is InChI=1S/C9H13Br2N3O/c1-9(4-10,5-11)13-8(15)7-3-12-6-14(7)2/h3,6H,4-5H2,1-2H3,(H,13,15). The maximum absolute atomic E-state index is 11.8. The van der Waals surface area contributed by atoms with Crippen LogP contribution < -0.4 is 5.32 Å². The molecule has 0 fully saturated rings. The molecule has 0 bridgehead atoms. The number of hydrogen-bond donors (Lipinski definition) is 1. The number of carbonyl (C=O) groups excluding carboxylic acids is 1. The van der Waals surface area contributed by atoms with Gasteiger partial charge in [0.25, 0.3) is 5.91 Å². The van der Waals surface area contributed by atoms with Gasteiger partial charge in [-0.05, 0) is 6.92 Å². The molecule has 0 aliphatic rings. The summed E-state index contributed by atoms with van der Waals surface area (Å²) in [6.45, 7) is 1.96. The Kier molecular flexibility index (Phi) is 4.33. The smallest absolute Gasteiger partial charge is 0.270 e. The minimum Gasteiger partial charge on any atom is -0.344 e. The maximum atomic E-state index is 11.8. The second-order valence-electron chi connectivity index (χ2n) is 3.67. The van der Waals surface area contributed by atoms with Crippen LogP contribution in [0, 0.1) is 0 Å². The molecule has 0 aliphatic carbocycles. The lowest BCUT2D eigenvalue weighted by molar-refractivity contribution is 0.0914. The van der Waals surface area contributed by atoms with Crippen molar-refractivity contribution in [2.45, 2.75) is 12.5 Å². The molecule has 0 aliphatic heterocycles. The molecule has 0 spiro atoms. The molecule has 0 saturated heterocycles. The molecule has 0 unspecified atom stereocenters. The molecule has 0 aromatic carbocycles. The number of rotatable bonds is 4. The molecule has 0 saturated carbocycles. The molecular weight excluding hydrogens is 326 g/mol. The number of nitrogens with one attached hydrogen (secondary N) is 1. The lowest BCUT2D eigenvalue weighted by Gasteiger charge is -2.26. The summed E-state index contributed by atoms with van der Waals surface area (Å²) in [5, 5.41) is 4.32. The molecule has 84 valence electrons. The van der Waals surface area contributed by atoms with Crippen LogP contribution in [0.3, 0.4) is 0 Å². The van der Waals surface area contributed by atoms with Crippen molar-refractivity contribution in [2.75, 3.05) is 10.7 Å². The highest BCUT2D eigenvalue weighted by molar-refractivity contribution is 9.09. The SMILES string of the molecule is Cn1cncc1C(=O)NC(C)(CBr)CBr. The summed E-state index contributed by atoms with van der Waals surface area (Å²) >= 11 is 6.75. The number of aryl methyl sites for hydroxylation is 1. The molecule has 1 aromatic heterocycles. The minimum atomic E-state index is -0.290. The van der Waals surface area contributed by atoms with Crippen molar-refractivity contribution in [3.8, 4) is 0 Å². The van der Waals surface area contributed by atoms with Crippen molar-refractivity contribution in [2.24, 2.45) is 7.05 Å². The molecule has 6 heteroatoms. The lowest BCUT2D eigenvalue weighted by Crippen LogP contribution is -2.49. The topological polar surface area (TPSA) is 46.9 Å². The van der Waals surface area contributed by atoms with E-state index in [-0.39, 0.29) is 11.4 Å². The number of aromatic nitrogens is 2. The van der Waals surface area contributed by atoms with E-state index >= 15 is 0 Å². The zero-order valence-corrected chi connectivity index (χ0v) is 11.8. The van der Waals surface area contributed by atoms with Gasteiger partial charge in [0, 0.05) is 17.7 Å². The fourth-order valence-electron chi connectivity index (χ4n) is 1.02. The summed E-state index contributed by atoms with van der Waals surface area (Å²) in [6, 6.07) is 0. The highest BCUT2D eigenvalue weighted by atomic mass is 79.9. The minimum absolute atomic E-state index is 0.114. The average Bonchev–Trinajstić information content (AvgIpc) is 2.64. The van der Waals surface area contributed by atoms with Crippen molar-refractivity contribution >= 4 is 37.8 Å². The normalized spacial score (nSPS) is 11.5. The van der Waals surface area contributed by atoms with Gasteiger partial charge in [0.1, 0.15) is 5.69 Å². The first-order valence-corrected chi connectivity index (χ1v) is 6.67. The molecule has 0 atom stereocenters. The molecule has 1 heterocycles. The van der Waals surface area contributed by atoms with Crippen molar-refractivity contribution in [1.82, 2.24) is 14.9 Å². The highest BCUT2D eigenvalue weighted by Gasteiger charge is 2.25. The number of nitrogens with zero attached hydrogens (tertiary/aromatic N) is 2. The Hall–Kier alpha value is -0.360. The van der Waals surface area contributed by atoms with Crippen LogP contribution in [-0.2, 0) is 7.05 Å². The van der Waals surface area contributed by atoms with E-state index in [0.717, 1.165) is 0 Å². The fourth-order valence-corrected chi connectivity index (χ4v) is 2.23. The summed E-state index contributed by atoms with van der Waals surface area (Å²) in [7, 11) is 1.79. The van der Waals surface area contributed by atoms with E-state index in [2.05, 4.69) is 42.2 Å². The van der Waals surface area contributed by atoms with Gasteiger partial charge in [-0.25, -0.2) is 4.98 Å². The number of amides is 1. The summed E-state index contributed by atoms with van der Waals surface area (Å²) in [5.41, 5.74) is 0.268. The number of halogens is 2. The van der Waals surface area contributed by atoms with E-state index in [1.807, 2.05) is 6.92 Å². The van der Waals surface area contributed by atoms with Gasteiger partial charge in [-0.3, -0.25) is 4.79 Å². The van der Waals surface area contributed by atoms with Gasteiger partial charge in [0.05, 0.1) is 18.1 Å². The number of carbonyl (C=O) groups is 1. The summed E-state index contributed by atoms with van der Waals surface area (Å²) in [4.78, 5) is 15.7. The van der Waals surface area contributed by atoms with Gasteiger partial charge in [0.15, 0.2) is 0 Å². The van der Waals surface area contributed by atoms with Crippen LogP contribution in [0.1, 0.15) is 17.4 Å². The van der Waals surface area contributed by atoms with E-state index < -0.39 is 0 Å². The first kappa shape index (κ1) is 12.7. The average molecular weight is 339 g/mol. The van der Waals surface area contributed by atoms with E-state index in [9.17, 15) is 4.79 Å². The van der Waals surface area contributed by atoms with E-state index in [1.165, 1.54) is 0 Å². The maximum Gasteiger partial charge on any atom is 0.270 e. The Morgan fingerprint density at radius 2 is 2.20 bits per heavy atom. The van der Waals surface area contributed by atoms with Crippen molar-refractivity contribution in [3.05, 3.63) is 18.2 Å². The molecule has 4 nitrogen and oxygen atoms in total. The van der Waals surface area contributed by atoms with Crippen LogP contribution in [0.2, 0.25) is 0 Å². The summed E-state index contributed by atoms with van der Waals surface area (Å²) in [6.07, 6.45) is 3.16. The Bertz CT molecular complexity index is 347. The van der Waals surface area contributed by atoms with E-state index in [4.69, 9.17) is 0 Å².